The van der Waals surface area contributed by atoms with Crippen molar-refractivity contribution >= 4 is 5.91 Å². The smallest absolute Gasteiger partial charge is 0.219 e. The summed E-state index contributed by atoms with van der Waals surface area (Å²) in [6, 6.07) is 6.31. The molecule has 24 heavy (non-hydrogen) atoms. The number of hydrogen-bond donors (Lipinski definition) is 0. The molecule has 1 aliphatic rings. The van der Waals surface area contributed by atoms with Crippen LogP contribution in [0.3, 0.4) is 0 Å². The number of benzene rings is 1. The molecule has 1 amide bonds. The molecule has 4 heteroatoms. The van der Waals surface area contributed by atoms with E-state index in [4.69, 9.17) is 4.98 Å². The molecule has 0 radical (unpaired) electrons. The molecule has 0 atom stereocenters. The van der Waals surface area contributed by atoms with Gasteiger partial charge in [-0.05, 0) is 50.2 Å². The molecule has 1 fully saturated rings. The number of likely N-dealkylation sites (tertiary alicyclic amines) is 1. The van der Waals surface area contributed by atoms with E-state index in [1.165, 1.54) is 11.1 Å². The SMILES string of the molecule is CC(=O)N1CCC(Cc2cncc(-c3cccc(C)c3C)n2)CC1. The zero-order chi connectivity index (χ0) is 17.1. The molecule has 1 aliphatic heterocycles. The van der Waals surface area contributed by atoms with Crippen LogP contribution < -0.4 is 0 Å². The summed E-state index contributed by atoms with van der Waals surface area (Å²) in [6.07, 6.45) is 6.77. The van der Waals surface area contributed by atoms with Gasteiger partial charge in [-0.15, -0.1) is 0 Å². The molecule has 0 unspecified atom stereocenters. The average molecular weight is 323 g/mol. The summed E-state index contributed by atoms with van der Waals surface area (Å²) >= 11 is 0. The molecule has 1 saturated heterocycles. The van der Waals surface area contributed by atoms with E-state index in [1.807, 2.05) is 17.3 Å². The van der Waals surface area contributed by atoms with E-state index < -0.39 is 0 Å². The minimum Gasteiger partial charge on any atom is -0.343 e. The number of amides is 1. The van der Waals surface area contributed by atoms with E-state index in [2.05, 4.69) is 37.0 Å². The maximum atomic E-state index is 11.4. The van der Waals surface area contributed by atoms with Crippen LogP contribution in [0, 0.1) is 19.8 Å². The predicted molar refractivity (Wildman–Crippen MR) is 95.6 cm³/mol. The average Bonchev–Trinajstić information content (AvgIpc) is 2.58. The molecule has 0 N–H and O–H groups in total. The van der Waals surface area contributed by atoms with Crippen molar-refractivity contribution in [1.29, 1.82) is 0 Å². The Morgan fingerprint density at radius 1 is 1.21 bits per heavy atom. The van der Waals surface area contributed by atoms with E-state index in [0.717, 1.165) is 49.3 Å². The summed E-state index contributed by atoms with van der Waals surface area (Å²) in [4.78, 5) is 22.6. The third-order valence-corrected chi connectivity index (χ3v) is 5.12. The quantitative estimate of drug-likeness (QED) is 0.867. The fourth-order valence-corrected chi connectivity index (χ4v) is 3.41. The minimum absolute atomic E-state index is 0.185. The Morgan fingerprint density at radius 3 is 2.67 bits per heavy atom. The number of aryl methyl sites for hydroxylation is 1. The highest BCUT2D eigenvalue weighted by Gasteiger charge is 2.21. The lowest BCUT2D eigenvalue weighted by molar-refractivity contribution is -0.130. The first-order valence-corrected chi connectivity index (χ1v) is 8.67. The topological polar surface area (TPSA) is 46.1 Å². The van der Waals surface area contributed by atoms with Gasteiger partial charge in [-0.1, -0.05) is 18.2 Å². The Morgan fingerprint density at radius 2 is 1.96 bits per heavy atom. The lowest BCUT2D eigenvalue weighted by Gasteiger charge is -2.31. The van der Waals surface area contributed by atoms with Gasteiger partial charge in [0.25, 0.3) is 0 Å². The molecule has 0 spiro atoms. The number of nitrogens with zero attached hydrogens (tertiary/aromatic N) is 3. The van der Waals surface area contributed by atoms with E-state index >= 15 is 0 Å². The second-order valence-electron chi connectivity index (χ2n) is 6.80. The molecule has 126 valence electrons. The minimum atomic E-state index is 0.185. The Hall–Kier alpha value is -2.23. The van der Waals surface area contributed by atoms with Gasteiger partial charge in [-0.3, -0.25) is 9.78 Å². The van der Waals surface area contributed by atoms with Gasteiger partial charge < -0.3 is 4.90 Å². The fraction of sp³-hybridized carbons (Fsp3) is 0.450. The van der Waals surface area contributed by atoms with Crippen LogP contribution in [0.1, 0.15) is 36.6 Å². The van der Waals surface area contributed by atoms with Crippen molar-refractivity contribution < 1.29 is 4.79 Å². The highest BCUT2D eigenvalue weighted by molar-refractivity contribution is 5.73. The lowest BCUT2D eigenvalue weighted by Crippen LogP contribution is -2.37. The molecular formula is C20H25N3O. The van der Waals surface area contributed by atoms with E-state index in [9.17, 15) is 4.79 Å². The summed E-state index contributed by atoms with van der Waals surface area (Å²) < 4.78 is 0. The van der Waals surface area contributed by atoms with Crippen molar-refractivity contribution in [3.05, 3.63) is 47.4 Å². The first kappa shape index (κ1) is 16.6. The van der Waals surface area contributed by atoms with Crippen molar-refractivity contribution in [1.82, 2.24) is 14.9 Å². The third-order valence-electron chi connectivity index (χ3n) is 5.12. The Balaban J connectivity index is 1.72. The standard InChI is InChI=1S/C20H25N3O/c1-14-5-4-6-19(15(14)2)20-13-21-12-18(22-20)11-17-7-9-23(10-8-17)16(3)24/h4-6,12-13,17H,7-11H2,1-3H3. The summed E-state index contributed by atoms with van der Waals surface area (Å²) in [5, 5.41) is 0. The van der Waals surface area contributed by atoms with Crippen LogP contribution in [0.5, 0.6) is 0 Å². The van der Waals surface area contributed by atoms with Crippen molar-refractivity contribution in [2.75, 3.05) is 13.1 Å². The highest BCUT2D eigenvalue weighted by atomic mass is 16.2. The molecule has 1 aromatic heterocycles. The molecule has 2 aromatic rings. The molecule has 4 nitrogen and oxygen atoms in total. The molecule has 2 heterocycles. The van der Waals surface area contributed by atoms with Crippen LogP contribution in [-0.4, -0.2) is 33.9 Å². The fourth-order valence-electron chi connectivity index (χ4n) is 3.41. The van der Waals surface area contributed by atoms with Crippen molar-refractivity contribution in [3.63, 3.8) is 0 Å². The highest BCUT2D eigenvalue weighted by Crippen LogP contribution is 2.25. The van der Waals surface area contributed by atoms with Gasteiger partial charge in [0.15, 0.2) is 0 Å². The Labute approximate surface area is 143 Å². The number of rotatable bonds is 3. The van der Waals surface area contributed by atoms with Gasteiger partial charge in [0.1, 0.15) is 0 Å². The van der Waals surface area contributed by atoms with Gasteiger partial charge in [0, 0.05) is 31.8 Å². The normalized spacial score (nSPS) is 15.5. The zero-order valence-electron chi connectivity index (χ0n) is 14.7. The van der Waals surface area contributed by atoms with Gasteiger partial charge in [-0.25, -0.2) is 4.98 Å². The summed E-state index contributed by atoms with van der Waals surface area (Å²) in [7, 11) is 0. The largest absolute Gasteiger partial charge is 0.343 e. The second-order valence-corrected chi connectivity index (χ2v) is 6.80. The molecule has 3 rings (SSSR count). The number of carbonyl (C=O) groups excluding carboxylic acids is 1. The third kappa shape index (κ3) is 3.64. The summed E-state index contributed by atoms with van der Waals surface area (Å²) in [5.74, 6) is 0.772. The molecule has 1 aromatic carbocycles. The lowest BCUT2D eigenvalue weighted by atomic mass is 9.92. The molecule has 0 aliphatic carbocycles. The van der Waals surface area contributed by atoms with Crippen LogP contribution in [0.25, 0.3) is 11.3 Å². The zero-order valence-corrected chi connectivity index (χ0v) is 14.7. The predicted octanol–water partition coefficient (Wildman–Crippen LogP) is 3.56. The summed E-state index contributed by atoms with van der Waals surface area (Å²) in [6.45, 7) is 7.64. The Kier molecular flexibility index (Phi) is 4.93. The van der Waals surface area contributed by atoms with E-state index in [-0.39, 0.29) is 5.91 Å². The molecular weight excluding hydrogens is 298 g/mol. The van der Waals surface area contributed by atoms with Gasteiger partial charge >= 0.3 is 0 Å². The van der Waals surface area contributed by atoms with E-state index in [1.54, 1.807) is 6.92 Å². The number of piperidine rings is 1. The van der Waals surface area contributed by atoms with Gasteiger partial charge in [0.05, 0.1) is 17.6 Å². The van der Waals surface area contributed by atoms with Crippen molar-refractivity contribution in [3.8, 4) is 11.3 Å². The van der Waals surface area contributed by atoms with Gasteiger partial charge in [-0.2, -0.15) is 0 Å². The van der Waals surface area contributed by atoms with Crippen LogP contribution in [0.4, 0.5) is 0 Å². The first-order chi connectivity index (χ1) is 11.5. The first-order valence-electron chi connectivity index (χ1n) is 8.67. The van der Waals surface area contributed by atoms with Crippen LogP contribution in [0.15, 0.2) is 30.6 Å². The van der Waals surface area contributed by atoms with E-state index in [0.29, 0.717) is 5.92 Å². The second kappa shape index (κ2) is 7.12. The summed E-state index contributed by atoms with van der Waals surface area (Å²) in [5.41, 5.74) is 5.70. The van der Waals surface area contributed by atoms with Crippen molar-refractivity contribution in [2.24, 2.45) is 5.92 Å². The van der Waals surface area contributed by atoms with Crippen molar-refractivity contribution in [2.45, 2.75) is 40.0 Å². The van der Waals surface area contributed by atoms with Crippen LogP contribution in [0.2, 0.25) is 0 Å². The van der Waals surface area contributed by atoms with Crippen LogP contribution in [-0.2, 0) is 11.2 Å². The maximum Gasteiger partial charge on any atom is 0.219 e. The Bertz CT molecular complexity index is 733. The number of hydrogen-bond acceptors (Lipinski definition) is 3. The van der Waals surface area contributed by atoms with Crippen LogP contribution >= 0.6 is 0 Å². The maximum absolute atomic E-state index is 11.4. The number of aromatic nitrogens is 2. The molecule has 0 saturated carbocycles. The monoisotopic (exact) mass is 323 g/mol. The molecule has 0 bridgehead atoms. The van der Waals surface area contributed by atoms with Gasteiger partial charge in [0.2, 0.25) is 5.91 Å². The number of carbonyl (C=O) groups is 1.